The molecule has 0 aromatic heterocycles. The lowest BCUT2D eigenvalue weighted by Gasteiger charge is -2.14. The summed E-state index contributed by atoms with van der Waals surface area (Å²) in [6, 6.07) is -1.96. The van der Waals surface area contributed by atoms with E-state index >= 15 is 0 Å². The average Bonchev–Trinajstić information content (AvgIpc) is 3.33. The van der Waals surface area contributed by atoms with Gasteiger partial charge >= 0.3 is 17.9 Å². The van der Waals surface area contributed by atoms with Crippen molar-refractivity contribution in [3.63, 3.8) is 0 Å². The summed E-state index contributed by atoms with van der Waals surface area (Å²) < 4.78 is 21.3. The molecule has 2 radical (unpaired) electrons. The summed E-state index contributed by atoms with van der Waals surface area (Å²) in [6.07, 6.45) is 20.7. The van der Waals surface area contributed by atoms with E-state index in [1.54, 1.807) is 0 Å². The van der Waals surface area contributed by atoms with Crippen molar-refractivity contribution in [2.24, 2.45) is 5.92 Å². The van der Waals surface area contributed by atoms with Gasteiger partial charge in [-0.3, -0.25) is 28.8 Å². The molecule has 0 aliphatic carbocycles. The molecule has 4 amide bonds. The number of hydrogen-bond donors (Lipinski definition) is 8. The SMILES string of the molecule is CC.CC(C)C=O.[B]NC(CCCCNC(=O)COCCOCCNC(=O)COCCOCCNC(=O)CCC(NC(=O)CCCCCCCCCCCCCCCCCCC(=O)O)C(=O)O)C(=O)O. The molecule has 21 heteroatoms. The number of carboxylic acids is 3. The molecular weight excluding hydrogens is 909 g/mol. The zero-order valence-corrected chi connectivity index (χ0v) is 43.2. The first kappa shape index (κ1) is 70.1. The number of hydrogen-bond acceptors (Lipinski definition) is 13. The molecule has 0 aliphatic heterocycles. The Labute approximate surface area is 419 Å². The molecule has 406 valence electrons. The molecule has 0 aliphatic rings. The Bertz CT molecular complexity index is 1330. The fourth-order valence-corrected chi connectivity index (χ4v) is 6.30. The van der Waals surface area contributed by atoms with Crippen LogP contribution in [0.1, 0.15) is 175 Å². The molecule has 20 nitrogen and oxygen atoms in total. The Kier molecular flexibility index (Phi) is 54.2. The van der Waals surface area contributed by atoms with Crippen molar-refractivity contribution in [3.8, 4) is 0 Å². The minimum absolute atomic E-state index is 0.0295. The number of aliphatic carboxylic acids is 3. The van der Waals surface area contributed by atoms with Gasteiger partial charge in [0.2, 0.25) is 23.6 Å². The van der Waals surface area contributed by atoms with E-state index < -0.39 is 30.0 Å². The second-order valence-electron chi connectivity index (χ2n) is 16.9. The second kappa shape index (κ2) is 54.2. The van der Waals surface area contributed by atoms with Gasteiger partial charge in [0.15, 0.2) is 7.98 Å². The highest BCUT2D eigenvalue weighted by molar-refractivity contribution is 6.06. The summed E-state index contributed by atoms with van der Waals surface area (Å²) in [5.74, 6) is -4.03. The summed E-state index contributed by atoms with van der Waals surface area (Å²) in [6.45, 7) is 9.46. The average molecular weight is 1000 g/mol. The van der Waals surface area contributed by atoms with E-state index in [-0.39, 0.29) is 121 Å². The zero-order chi connectivity index (χ0) is 52.9. The van der Waals surface area contributed by atoms with E-state index in [0.29, 0.717) is 32.2 Å². The molecule has 0 rings (SSSR count). The topological polar surface area (TPSA) is 294 Å². The van der Waals surface area contributed by atoms with Crippen molar-refractivity contribution in [1.82, 2.24) is 26.5 Å². The maximum atomic E-state index is 12.3. The monoisotopic (exact) mass is 1000 g/mol. The Morgan fingerprint density at radius 1 is 0.457 bits per heavy atom. The van der Waals surface area contributed by atoms with E-state index in [1.807, 2.05) is 27.7 Å². The second-order valence-corrected chi connectivity index (χ2v) is 16.9. The third-order valence-corrected chi connectivity index (χ3v) is 10.2. The highest BCUT2D eigenvalue weighted by Crippen LogP contribution is 2.14. The standard InChI is InChI=1S/C43H78BN5O14.C4H8O.C2H6/c44-49-36(43(58)59)19-17-18-24-45-39(52)33-62-31-30-61-28-26-47-40(53)34-63-32-29-60-27-25-46-37(50)23-22-35(42(56)57)48-38(51)20-15-13-11-9-7-5-3-1-2-4-6-8-10-12-14-16-21-41(54)55;1-4(2)3-5;1-2/h35-36,49H,1-34H2,(H,45,52)(H,46,50)(H,47,53)(H,48,51)(H,54,55)(H,56,57)(H,58,59);3-4H,1-2H3;1-2H3. The van der Waals surface area contributed by atoms with E-state index in [2.05, 4.69) is 26.5 Å². The molecule has 0 saturated heterocycles. The summed E-state index contributed by atoms with van der Waals surface area (Å²) in [5, 5.41) is 39.8. The number of ether oxygens (including phenoxy) is 4. The maximum absolute atomic E-state index is 12.3. The van der Waals surface area contributed by atoms with Gasteiger partial charge in [-0.15, -0.1) is 0 Å². The lowest BCUT2D eigenvalue weighted by atomic mass is 10.0. The van der Waals surface area contributed by atoms with Crippen LogP contribution in [0.3, 0.4) is 0 Å². The van der Waals surface area contributed by atoms with Crippen LogP contribution >= 0.6 is 0 Å². The molecule has 2 unspecified atom stereocenters. The summed E-state index contributed by atoms with van der Waals surface area (Å²) in [5.41, 5.74) is 0. The third-order valence-electron chi connectivity index (χ3n) is 10.2. The van der Waals surface area contributed by atoms with Gasteiger partial charge in [0.1, 0.15) is 25.5 Å². The Balaban J connectivity index is -0.00000599. The van der Waals surface area contributed by atoms with Crippen LogP contribution in [0, 0.1) is 5.92 Å². The molecule has 0 spiro atoms. The van der Waals surface area contributed by atoms with Crippen LogP contribution in [0.4, 0.5) is 0 Å². The maximum Gasteiger partial charge on any atom is 0.326 e. The summed E-state index contributed by atoms with van der Waals surface area (Å²) >= 11 is 0. The van der Waals surface area contributed by atoms with E-state index in [4.69, 9.17) is 37.1 Å². The number of carboxylic acid groups (broad SMARTS) is 3. The molecule has 2 atom stereocenters. The van der Waals surface area contributed by atoms with Gasteiger partial charge in [-0.25, -0.2) is 4.79 Å². The molecule has 0 aromatic carbocycles. The Morgan fingerprint density at radius 2 is 0.843 bits per heavy atom. The largest absolute Gasteiger partial charge is 0.481 e. The van der Waals surface area contributed by atoms with Gasteiger partial charge in [-0.05, 0) is 38.5 Å². The van der Waals surface area contributed by atoms with Crippen molar-refractivity contribution in [2.45, 2.75) is 187 Å². The quantitative estimate of drug-likeness (QED) is 0.0226. The first-order valence-corrected chi connectivity index (χ1v) is 25.7. The van der Waals surface area contributed by atoms with Crippen molar-refractivity contribution in [3.05, 3.63) is 0 Å². The van der Waals surface area contributed by atoms with Crippen LogP contribution in [0.15, 0.2) is 0 Å². The van der Waals surface area contributed by atoms with Crippen LogP contribution in [-0.4, -0.2) is 156 Å². The van der Waals surface area contributed by atoms with E-state index in [9.17, 15) is 43.5 Å². The van der Waals surface area contributed by atoms with Crippen molar-refractivity contribution < 1.29 is 72.6 Å². The van der Waals surface area contributed by atoms with Gasteiger partial charge in [0.25, 0.3) is 0 Å². The first-order valence-electron chi connectivity index (χ1n) is 25.7. The van der Waals surface area contributed by atoms with E-state index in [0.717, 1.165) is 44.8 Å². The highest BCUT2D eigenvalue weighted by atomic mass is 16.5. The number of aldehydes is 1. The predicted molar refractivity (Wildman–Crippen MR) is 268 cm³/mol. The Hall–Kier alpha value is -4.18. The van der Waals surface area contributed by atoms with Gasteiger partial charge in [0.05, 0.1) is 45.7 Å². The van der Waals surface area contributed by atoms with Crippen molar-refractivity contribution >= 4 is 55.8 Å². The zero-order valence-electron chi connectivity index (χ0n) is 43.2. The van der Waals surface area contributed by atoms with Crippen LogP contribution < -0.4 is 26.5 Å². The van der Waals surface area contributed by atoms with Crippen LogP contribution in [-0.2, 0) is 57.3 Å². The number of nitrogens with one attached hydrogen (secondary N) is 5. The van der Waals surface area contributed by atoms with Crippen LogP contribution in [0.5, 0.6) is 0 Å². The number of amides is 4. The van der Waals surface area contributed by atoms with Crippen LogP contribution in [0.2, 0.25) is 0 Å². The molecule has 0 aromatic rings. The van der Waals surface area contributed by atoms with Gasteiger partial charge in [-0.2, -0.15) is 0 Å². The third kappa shape index (κ3) is 54.8. The van der Waals surface area contributed by atoms with Gasteiger partial charge < -0.3 is 65.6 Å². The number of carbonyl (C=O) groups excluding carboxylic acids is 5. The number of carbonyl (C=O) groups is 8. The fourth-order valence-electron chi connectivity index (χ4n) is 6.30. The minimum Gasteiger partial charge on any atom is -0.481 e. The molecule has 0 saturated carbocycles. The number of rotatable bonds is 48. The number of unbranched alkanes of at least 4 members (excludes halogenated alkanes) is 16. The predicted octanol–water partition coefficient (Wildman–Crippen LogP) is 5.02. The molecule has 0 heterocycles. The fraction of sp³-hybridized carbons (Fsp3) is 0.837. The molecule has 8 N–H and O–H groups in total. The van der Waals surface area contributed by atoms with Gasteiger partial charge in [-0.1, -0.05) is 118 Å². The molecule has 0 bridgehead atoms. The van der Waals surface area contributed by atoms with Crippen LogP contribution in [0.25, 0.3) is 0 Å². The lowest BCUT2D eigenvalue weighted by Crippen LogP contribution is -2.41. The lowest BCUT2D eigenvalue weighted by molar-refractivity contribution is -0.142. The smallest absolute Gasteiger partial charge is 0.326 e. The van der Waals surface area contributed by atoms with Crippen molar-refractivity contribution in [1.29, 1.82) is 0 Å². The minimum atomic E-state index is -1.19. The van der Waals surface area contributed by atoms with Gasteiger partial charge in [0, 0.05) is 44.8 Å². The molecule has 0 fully saturated rings. The van der Waals surface area contributed by atoms with Crippen molar-refractivity contribution in [2.75, 3.05) is 72.5 Å². The molecule has 70 heavy (non-hydrogen) atoms. The van der Waals surface area contributed by atoms with E-state index in [1.165, 1.54) is 57.8 Å². The Morgan fingerprint density at radius 3 is 1.24 bits per heavy atom. The summed E-state index contributed by atoms with van der Waals surface area (Å²) in [7, 11) is 5.17. The summed E-state index contributed by atoms with van der Waals surface area (Å²) in [4.78, 5) is 90.8. The highest BCUT2D eigenvalue weighted by Gasteiger charge is 2.21. The first-order chi connectivity index (χ1) is 33.7. The normalized spacial score (nSPS) is 11.5. The molecular formula is C49H92BN5O15.